The van der Waals surface area contributed by atoms with Crippen LogP contribution in [0.15, 0.2) is 31.0 Å². The highest BCUT2D eigenvalue weighted by molar-refractivity contribution is 5.98. The van der Waals surface area contributed by atoms with Gasteiger partial charge in [-0.05, 0) is 25.0 Å². The van der Waals surface area contributed by atoms with Gasteiger partial charge in [0.2, 0.25) is 0 Å². The zero-order chi connectivity index (χ0) is 13.7. The van der Waals surface area contributed by atoms with Crippen molar-refractivity contribution in [3.63, 3.8) is 0 Å². The van der Waals surface area contributed by atoms with Crippen LogP contribution in [0.25, 0.3) is 0 Å². The second-order valence-corrected chi connectivity index (χ2v) is 3.97. The molecule has 1 amide bonds. The van der Waals surface area contributed by atoms with Gasteiger partial charge in [-0.2, -0.15) is 0 Å². The van der Waals surface area contributed by atoms with Crippen LogP contribution in [0.1, 0.15) is 18.1 Å². The minimum Gasteiger partial charge on any atom is -0.456 e. The lowest BCUT2D eigenvalue weighted by Crippen LogP contribution is -2.30. The van der Waals surface area contributed by atoms with E-state index in [4.69, 9.17) is 4.74 Å². The maximum Gasteiger partial charge on any atom is 0.303 e. The number of nitrogens with zero attached hydrogens (tertiary/aromatic N) is 1. The summed E-state index contributed by atoms with van der Waals surface area (Å²) in [5, 5.41) is 0. The van der Waals surface area contributed by atoms with E-state index >= 15 is 0 Å². The van der Waals surface area contributed by atoms with Gasteiger partial charge in [0.15, 0.2) is 6.61 Å². The number of rotatable bonds is 4. The van der Waals surface area contributed by atoms with E-state index in [2.05, 4.69) is 6.58 Å². The lowest BCUT2D eigenvalue weighted by molar-refractivity contribution is -0.145. The van der Waals surface area contributed by atoms with Crippen molar-refractivity contribution >= 4 is 17.6 Å². The zero-order valence-corrected chi connectivity index (χ0v) is 10.9. The topological polar surface area (TPSA) is 46.6 Å². The number of carbonyl (C=O) groups is 2. The number of para-hydroxylation sites is 1. The van der Waals surface area contributed by atoms with Crippen molar-refractivity contribution in [2.75, 3.05) is 11.5 Å². The number of aryl methyl sites for hydroxylation is 2. The molecule has 1 rings (SSSR count). The van der Waals surface area contributed by atoms with Gasteiger partial charge in [0.05, 0.1) is 5.69 Å². The Kier molecular flexibility index (Phi) is 4.66. The summed E-state index contributed by atoms with van der Waals surface area (Å²) in [4.78, 5) is 24.1. The Hall–Kier alpha value is -2.10. The first-order chi connectivity index (χ1) is 8.47. The molecule has 0 heterocycles. The molecule has 0 radical (unpaired) electrons. The molecule has 0 aliphatic heterocycles. The highest BCUT2D eigenvalue weighted by atomic mass is 16.5. The van der Waals surface area contributed by atoms with Gasteiger partial charge < -0.3 is 4.74 Å². The zero-order valence-electron chi connectivity index (χ0n) is 10.9. The summed E-state index contributed by atoms with van der Waals surface area (Å²) in [6.07, 6.45) is 1.43. The first-order valence-electron chi connectivity index (χ1n) is 5.61. The average Bonchev–Trinajstić information content (AvgIpc) is 2.31. The molecule has 0 atom stereocenters. The maximum atomic E-state index is 12.0. The van der Waals surface area contributed by atoms with Crippen LogP contribution in [0.3, 0.4) is 0 Å². The molecule has 1 aromatic carbocycles. The molecular formula is C14H17NO3. The summed E-state index contributed by atoms with van der Waals surface area (Å²) >= 11 is 0. The predicted octanol–water partition coefficient (Wildman–Crippen LogP) is 2.34. The third kappa shape index (κ3) is 3.20. The lowest BCUT2D eigenvalue weighted by atomic mass is 10.1. The molecule has 18 heavy (non-hydrogen) atoms. The van der Waals surface area contributed by atoms with Crippen molar-refractivity contribution in [1.82, 2.24) is 0 Å². The Morgan fingerprint density at radius 2 is 1.89 bits per heavy atom. The number of hydrogen-bond donors (Lipinski definition) is 0. The molecule has 0 spiro atoms. The molecule has 0 saturated heterocycles. The second kappa shape index (κ2) is 6.00. The van der Waals surface area contributed by atoms with E-state index in [1.807, 2.05) is 32.0 Å². The second-order valence-electron chi connectivity index (χ2n) is 3.97. The van der Waals surface area contributed by atoms with E-state index in [0.717, 1.165) is 16.8 Å². The van der Waals surface area contributed by atoms with Crippen molar-refractivity contribution in [3.8, 4) is 0 Å². The van der Waals surface area contributed by atoms with Crippen molar-refractivity contribution in [2.45, 2.75) is 20.8 Å². The van der Waals surface area contributed by atoms with Gasteiger partial charge in [-0.3, -0.25) is 14.5 Å². The fourth-order valence-corrected chi connectivity index (χ4v) is 1.74. The van der Waals surface area contributed by atoms with Crippen molar-refractivity contribution in [3.05, 3.63) is 42.1 Å². The third-order valence-corrected chi connectivity index (χ3v) is 2.53. The lowest BCUT2D eigenvalue weighted by Gasteiger charge is -2.22. The fraction of sp³-hybridized carbons (Fsp3) is 0.286. The summed E-state index contributed by atoms with van der Waals surface area (Å²) in [6, 6.07) is 5.75. The average molecular weight is 247 g/mol. The van der Waals surface area contributed by atoms with Crippen LogP contribution in [0, 0.1) is 13.8 Å². The molecular weight excluding hydrogens is 230 g/mol. The van der Waals surface area contributed by atoms with Gasteiger partial charge in [0.25, 0.3) is 5.91 Å². The Morgan fingerprint density at radius 1 is 1.33 bits per heavy atom. The van der Waals surface area contributed by atoms with Crippen LogP contribution >= 0.6 is 0 Å². The number of benzene rings is 1. The smallest absolute Gasteiger partial charge is 0.303 e. The summed E-state index contributed by atoms with van der Waals surface area (Å²) in [5.41, 5.74) is 2.71. The summed E-state index contributed by atoms with van der Waals surface area (Å²) in [7, 11) is 0. The summed E-state index contributed by atoms with van der Waals surface area (Å²) in [6.45, 7) is 8.45. The Bertz CT molecular complexity index is 460. The molecule has 0 bridgehead atoms. The number of carbonyl (C=O) groups excluding carboxylic acids is 2. The number of anilines is 1. The molecule has 0 saturated carbocycles. The highest BCUT2D eigenvalue weighted by Gasteiger charge is 2.17. The van der Waals surface area contributed by atoms with E-state index in [-0.39, 0.29) is 12.5 Å². The van der Waals surface area contributed by atoms with Crippen LogP contribution < -0.4 is 4.90 Å². The van der Waals surface area contributed by atoms with Crippen LogP contribution in [0.4, 0.5) is 5.69 Å². The van der Waals surface area contributed by atoms with Crippen LogP contribution in [-0.4, -0.2) is 18.5 Å². The van der Waals surface area contributed by atoms with Crippen LogP contribution in [0.2, 0.25) is 0 Å². The van der Waals surface area contributed by atoms with Crippen LogP contribution in [0.5, 0.6) is 0 Å². The summed E-state index contributed by atoms with van der Waals surface area (Å²) < 4.78 is 4.71. The van der Waals surface area contributed by atoms with E-state index in [1.54, 1.807) is 0 Å². The molecule has 0 N–H and O–H groups in total. The number of amides is 1. The van der Waals surface area contributed by atoms with Crippen molar-refractivity contribution < 1.29 is 14.3 Å². The number of ether oxygens (including phenoxy) is 1. The van der Waals surface area contributed by atoms with E-state index in [1.165, 1.54) is 18.0 Å². The van der Waals surface area contributed by atoms with Gasteiger partial charge in [-0.15, -0.1) is 0 Å². The minimum atomic E-state index is -0.478. The Labute approximate surface area is 107 Å². The van der Waals surface area contributed by atoms with Gasteiger partial charge >= 0.3 is 5.97 Å². The van der Waals surface area contributed by atoms with Gasteiger partial charge in [0.1, 0.15) is 0 Å². The quantitative estimate of drug-likeness (QED) is 0.767. The molecule has 4 nitrogen and oxygen atoms in total. The highest BCUT2D eigenvalue weighted by Crippen LogP contribution is 2.24. The van der Waals surface area contributed by atoms with E-state index in [0.29, 0.717) is 0 Å². The van der Waals surface area contributed by atoms with E-state index in [9.17, 15) is 9.59 Å². The largest absolute Gasteiger partial charge is 0.456 e. The van der Waals surface area contributed by atoms with Gasteiger partial charge in [-0.25, -0.2) is 0 Å². The minimum absolute atomic E-state index is 0.283. The Morgan fingerprint density at radius 3 is 2.33 bits per heavy atom. The molecule has 0 aromatic heterocycles. The van der Waals surface area contributed by atoms with E-state index < -0.39 is 5.97 Å². The molecule has 4 heteroatoms. The number of esters is 1. The molecule has 0 unspecified atom stereocenters. The molecule has 0 aliphatic carbocycles. The molecule has 0 aliphatic rings. The van der Waals surface area contributed by atoms with Crippen molar-refractivity contribution in [2.24, 2.45) is 0 Å². The number of hydrogen-bond acceptors (Lipinski definition) is 3. The molecule has 0 fully saturated rings. The van der Waals surface area contributed by atoms with Gasteiger partial charge in [-0.1, -0.05) is 24.8 Å². The standard InChI is InChI=1S/C14H17NO3/c1-5-15(13(17)9-18-12(4)16)14-10(2)7-6-8-11(14)3/h5-8H,1,9H2,2-4H3. The van der Waals surface area contributed by atoms with Crippen molar-refractivity contribution in [1.29, 1.82) is 0 Å². The monoisotopic (exact) mass is 247 g/mol. The Balaban J connectivity index is 2.99. The molecule has 1 aromatic rings. The molecule has 96 valence electrons. The fourth-order valence-electron chi connectivity index (χ4n) is 1.74. The normalized spacial score (nSPS) is 9.72. The third-order valence-electron chi connectivity index (χ3n) is 2.53. The maximum absolute atomic E-state index is 12.0. The first kappa shape index (κ1) is 14.0. The summed E-state index contributed by atoms with van der Waals surface area (Å²) in [5.74, 6) is -0.800. The predicted molar refractivity (Wildman–Crippen MR) is 70.2 cm³/mol. The van der Waals surface area contributed by atoms with Crippen LogP contribution in [-0.2, 0) is 14.3 Å². The van der Waals surface area contributed by atoms with Gasteiger partial charge in [0, 0.05) is 13.1 Å². The SMILES string of the molecule is C=CN(C(=O)COC(C)=O)c1c(C)cccc1C. The first-order valence-corrected chi connectivity index (χ1v) is 5.61.